The number of hydrogen-bond donors (Lipinski definition) is 1. The van der Waals surface area contributed by atoms with Crippen molar-refractivity contribution >= 4 is 17.3 Å². The quantitative estimate of drug-likeness (QED) is 0.595. The molecule has 2 heterocycles. The molecule has 1 N–H and O–H groups in total. The van der Waals surface area contributed by atoms with Gasteiger partial charge in [0.05, 0.1) is 4.92 Å². The van der Waals surface area contributed by atoms with Gasteiger partial charge in [-0.25, -0.2) is 0 Å². The van der Waals surface area contributed by atoms with Crippen molar-refractivity contribution in [3.63, 3.8) is 0 Å². The SMILES string of the molecule is C[C@@H]1C[C@@H](C)CN(c2ccc(C(=O)NCc3ccc4c(c3)OCO4)cc2[N+](=O)[O-])C1. The van der Waals surface area contributed by atoms with E-state index < -0.39 is 4.92 Å². The van der Waals surface area contributed by atoms with Crippen molar-refractivity contribution in [3.05, 3.63) is 57.6 Å². The zero-order chi connectivity index (χ0) is 21.3. The van der Waals surface area contributed by atoms with E-state index >= 15 is 0 Å². The molecular formula is C22H25N3O5. The molecule has 0 aliphatic carbocycles. The Morgan fingerprint density at radius 2 is 1.87 bits per heavy atom. The highest BCUT2D eigenvalue weighted by Crippen LogP contribution is 2.34. The summed E-state index contributed by atoms with van der Waals surface area (Å²) in [5.74, 6) is 1.91. The fourth-order valence-electron chi connectivity index (χ4n) is 4.27. The Morgan fingerprint density at radius 3 is 2.60 bits per heavy atom. The molecule has 0 spiro atoms. The number of piperidine rings is 1. The van der Waals surface area contributed by atoms with E-state index in [9.17, 15) is 14.9 Å². The predicted octanol–water partition coefficient (Wildman–Crippen LogP) is 3.74. The second-order valence-electron chi connectivity index (χ2n) is 8.18. The summed E-state index contributed by atoms with van der Waals surface area (Å²) in [5, 5.41) is 14.5. The van der Waals surface area contributed by atoms with Crippen LogP contribution in [-0.4, -0.2) is 30.7 Å². The number of carbonyl (C=O) groups is 1. The van der Waals surface area contributed by atoms with Gasteiger partial charge >= 0.3 is 0 Å². The molecule has 8 nitrogen and oxygen atoms in total. The molecule has 2 aromatic rings. The minimum absolute atomic E-state index is 0.0352. The Hall–Kier alpha value is -3.29. The van der Waals surface area contributed by atoms with Gasteiger partial charge in [0, 0.05) is 31.3 Å². The molecule has 1 fully saturated rings. The smallest absolute Gasteiger partial charge is 0.293 e. The number of nitro benzene ring substituents is 1. The second-order valence-corrected chi connectivity index (χ2v) is 8.18. The van der Waals surface area contributed by atoms with E-state index in [1.807, 2.05) is 12.1 Å². The van der Waals surface area contributed by atoms with E-state index in [1.54, 1.807) is 18.2 Å². The Balaban J connectivity index is 1.49. The summed E-state index contributed by atoms with van der Waals surface area (Å²) in [6.07, 6.45) is 1.12. The minimum atomic E-state index is -0.409. The number of rotatable bonds is 5. The standard InChI is InChI=1S/C22H25N3O5/c1-14-7-15(2)12-24(11-14)18-5-4-17(9-19(18)25(27)28)22(26)23-10-16-3-6-20-21(8-16)30-13-29-20/h3-6,8-9,14-15H,7,10-13H2,1-2H3,(H,23,26)/t14-,15-/m1/s1. The van der Waals surface area contributed by atoms with Crippen molar-refractivity contribution in [1.82, 2.24) is 5.32 Å². The third-order valence-electron chi connectivity index (χ3n) is 5.53. The second kappa shape index (κ2) is 8.22. The number of ether oxygens (including phenoxy) is 2. The third kappa shape index (κ3) is 4.17. The lowest BCUT2D eigenvalue weighted by Crippen LogP contribution is -2.39. The lowest BCUT2D eigenvalue weighted by molar-refractivity contribution is -0.384. The molecule has 2 atom stereocenters. The van der Waals surface area contributed by atoms with Crippen LogP contribution in [0.5, 0.6) is 11.5 Å². The molecule has 1 amide bonds. The summed E-state index contributed by atoms with van der Waals surface area (Å²) in [6, 6.07) is 10.2. The highest BCUT2D eigenvalue weighted by molar-refractivity contribution is 5.95. The molecule has 0 unspecified atom stereocenters. The molecule has 0 saturated carbocycles. The van der Waals surface area contributed by atoms with Gasteiger partial charge in [0.15, 0.2) is 11.5 Å². The van der Waals surface area contributed by atoms with Crippen molar-refractivity contribution < 1.29 is 19.2 Å². The minimum Gasteiger partial charge on any atom is -0.454 e. The molecule has 2 aliphatic heterocycles. The molecule has 0 radical (unpaired) electrons. The molecule has 30 heavy (non-hydrogen) atoms. The van der Waals surface area contributed by atoms with Crippen LogP contribution >= 0.6 is 0 Å². The fraction of sp³-hybridized carbons (Fsp3) is 0.409. The predicted molar refractivity (Wildman–Crippen MR) is 112 cm³/mol. The Morgan fingerprint density at radius 1 is 1.13 bits per heavy atom. The van der Waals surface area contributed by atoms with Gasteiger partial charge in [0.2, 0.25) is 6.79 Å². The van der Waals surface area contributed by atoms with Crippen LogP contribution in [0.3, 0.4) is 0 Å². The van der Waals surface area contributed by atoms with E-state index in [-0.39, 0.29) is 30.5 Å². The molecular weight excluding hydrogens is 386 g/mol. The maximum Gasteiger partial charge on any atom is 0.293 e. The van der Waals surface area contributed by atoms with Crippen LogP contribution in [0, 0.1) is 22.0 Å². The van der Waals surface area contributed by atoms with Crippen LogP contribution in [0.4, 0.5) is 11.4 Å². The van der Waals surface area contributed by atoms with Crippen LogP contribution in [-0.2, 0) is 6.54 Å². The summed E-state index contributed by atoms with van der Waals surface area (Å²) in [5.41, 5.74) is 1.66. The van der Waals surface area contributed by atoms with Gasteiger partial charge in [-0.05, 0) is 48.1 Å². The van der Waals surface area contributed by atoms with E-state index in [0.717, 1.165) is 25.1 Å². The van der Waals surface area contributed by atoms with Crippen LogP contribution in [0.15, 0.2) is 36.4 Å². The zero-order valence-corrected chi connectivity index (χ0v) is 17.1. The van der Waals surface area contributed by atoms with Gasteiger partial charge in [0.1, 0.15) is 5.69 Å². The first-order valence-corrected chi connectivity index (χ1v) is 10.1. The van der Waals surface area contributed by atoms with Crippen LogP contribution in [0.1, 0.15) is 36.2 Å². The number of fused-ring (bicyclic) bond motifs is 1. The monoisotopic (exact) mass is 411 g/mol. The summed E-state index contributed by atoms with van der Waals surface area (Å²) >= 11 is 0. The molecule has 2 aromatic carbocycles. The van der Waals surface area contributed by atoms with Crippen molar-refractivity contribution in [2.45, 2.75) is 26.8 Å². The Kier molecular flexibility index (Phi) is 5.48. The van der Waals surface area contributed by atoms with Crippen molar-refractivity contribution in [1.29, 1.82) is 0 Å². The van der Waals surface area contributed by atoms with E-state index in [2.05, 4.69) is 24.1 Å². The lowest BCUT2D eigenvalue weighted by atomic mass is 9.91. The average molecular weight is 411 g/mol. The van der Waals surface area contributed by atoms with Gasteiger partial charge in [0.25, 0.3) is 11.6 Å². The number of benzene rings is 2. The summed E-state index contributed by atoms with van der Waals surface area (Å²) in [7, 11) is 0. The van der Waals surface area contributed by atoms with E-state index in [1.165, 1.54) is 6.07 Å². The van der Waals surface area contributed by atoms with Crippen LogP contribution in [0.25, 0.3) is 0 Å². The first-order chi connectivity index (χ1) is 14.4. The first-order valence-electron chi connectivity index (χ1n) is 10.1. The van der Waals surface area contributed by atoms with Crippen molar-refractivity contribution in [2.24, 2.45) is 11.8 Å². The highest BCUT2D eigenvalue weighted by atomic mass is 16.7. The van der Waals surface area contributed by atoms with Gasteiger partial charge in [-0.3, -0.25) is 14.9 Å². The number of nitrogens with one attached hydrogen (secondary N) is 1. The first kappa shape index (κ1) is 20.0. The number of nitro groups is 1. The average Bonchev–Trinajstić information content (AvgIpc) is 3.18. The molecule has 0 bridgehead atoms. The normalized spacial score (nSPS) is 20.1. The summed E-state index contributed by atoms with van der Waals surface area (Å²) < 4.78 is 10.6. The Bertz CT molecular complexity index is 967. The highest BCUT2D eigenvalue weighted by Gasteiger charge is 2.28. The van der Waals surface area contributed by atoms with Crippen molar-refractivity contribution in [2.75, 3.05) is 24.8 Å². The maximum atomic E-state index is 12.6. The van der Waals surface area contributed by atoms with Gasteiger partial charge < -0.3 is 19.7 Å². The lowest BCUT2D eigenvalue weighted by Gasteiger charge is -2.36. The Labute approximate surface area is 174 Å². The molecule has 0 aromatic heterocycles. The third-order valence-corrected chi connectivity index (χ3v) is 5.53. The molecule has 158 valence electrons. The number of amides is 1. The van der Waals surface area contributed by atoms with Gasteiger partial charge in [-0.1, -0.05) is 19.9 Å². The summed E-state index contributed by atoms with van der Waals surface area (Å²) in [6.45, 7) is 6.35. The van der Waals surface area contributed by atoms with Gasteiger partial charge in [-0.15, -0.1) is 0 Å². The van der Waals surface area contributed by atoms with Gasteiger partial charge in [-0.2, -0.15) is 0 Å². The number of hydrogen-bond acceptors (Lipinski definition) is 6. The zero-order valence-electron chi connectivity index (χ0n) is 17.1. The van der Waals surface area contributed by atoms with E-state index in [0.29, 0.717) is 29.0 Å². The van der Waals surface area contributed by atoms with Crippen LogP contribution in [0.2, 0.25) is 0 Å². The molecule has 2 aliphatic rings. The molecule has 1 saturated heterocycles. The molecule has 8 heteroatoms. The van der Waals surface area contributed by atoms with E-state index in [4.69, 9.17) is 9.47 Å². The largest absolute Gasteiger partial charge is 0.454 e. The number of nitrogens with zero attached hydrogens (tertiary/aromatic N) is 2. The fourth-order valence-corrected chi connectivity index (χ4v) is 4.27. The molecule has 4 rings (SSSR count). The maximum absolute atomic E-state index is 12.6. The van der Waals surface area contributed by atoms with Crippen molar-refractivity contribution in [3.8, 4) is 11.5 Å². The number of carbonyl (C=O) groups excluding carboxylic acids is 1. The summed E-state index contributed by atoms with van der Waals surface area (Å²) in [4.78, 5) is 26.0. The van der Waals surface area contributed by atoms with Crippen LogP contribution < -0.4 is 19.7 Å². The number of anilines is 1. The topological polar surface area (TPSA) is 93.9 Å².